The van der Waals surface area contributed by atoms with E-state index in [1.807, 2.05) is 36.7 Å². The van der Waals surface area contributed by atoms with E-state index in [2.05, 4.69) is 36.5 Å². The normalized spacial score (nSPS) is 18.0. The van der Waals surface area contributed by atoms with Crippen molar-refractivity contribution >= 4 is 6.09 Å². The highest BCUT2D eigenvalue weighted by atomic mass is 16.6. The molecule has 2 heterocycles. The van der Waals surface area contributed by atoms with E-state index in [-0.39, 0.29) is 17.6 Å². The molecule has 0 aliphatic carbocycles. The van der Waals surface area contributed by atoms with Crippen LogP contribution in [0.25, 0.3) is 0 Å². The molecule has 0 spiro atoms. The first-order valence-corrected chi connectivity index (χ1v) is 8.43. The van der Waals surface area contributed by atoms with Crippen LogP contribution in [0.2, 0.25) is 0 Å². The molecule has 0 saturated carbocycles. The van der Waals surface area contributed by atoms with Gasteiger partial charge in [-0.05, 0) is 12.0 Å². The number of amides is 1. The van der Waals surface area contributed by atoms with Gasteiger partial charge in [0.15, 0.2) is 0 Å². The summed E-state index contributed by atoms with van der Waals surface area (Å²) in [4.78, 5) is 18.5. The minimum Gasteiger partial charge on any atom is -0.445 e. The Kier molecular flexibility index (Phi) is 4.60. The SMILES string of the molecule is CC(C)(C)c1cn([C@@H]2CCN(C(=O)OCc3ccccc3)C2)cn1. The predicted molar refractivity (Wildman–Crippen MR) is 92.8 cm³/mol. The summed E-state index contributed by atoms with van der Waals surface area (Å²) in [5.74, 6) is 0. The third kappa shape index (κ3) is 3.78. The van der Waals surface area contributed by atoms with Gasteiger partial charge >= 0.3 is 6.09 Å². The van der Waals surface area contributed by atoms with E-state index < -0.39 is 0 Å². The fraction of sp³-hybridized carbons (Fsp3) is 0.474. The Balaban J connectivity index is 1.55. The van der Waals surface area contributed by atoms with Crippen LogP contribution >= 0.6 is 0 Å². The molecule has 0 unspecified atom stereocenters. The number of likely N-dealkylation sites (tertiary alicyclic amines) is 1. The average molecular weight is 327 g/mol. The fourth-order valence-corrected chi connectivity index (χ4v) is 2.89. The van der Waals surface area contributed by atoms with Gasteiger partial charge in [0.2, 0.25) is 0 Å². The molecule has 1 aromatic heterocycles. The molecule has 2 aromatic rings. The number of benzene rings is 1. The van der Waals surface area contributed by atoms with Crippen LogP contribution in [0, 0.1) is 0 Å². The highest BCUT2D eigenvalue weighted by molar-refractivity contribution is 5.68. The lowest BCUT2D eigenvalue weighted by Gasteiger charge is -2.17. The lowest BCUT2D eigenvalue weighted by atomic mass is 9.93. The molecule has 24 heavy (non-hydrogen) atoms. The van der Waals surface area contributed by atoms with Crippen molar-refractivity contribution in [3.8, 4) is 0 Å². The predicted octanol–water partition coefficient (Wildman–Crippen LogP) is 3.76. The Morgan fingerprint density at radius 1 is 1.29 bits per heavy atom. The maximum absolute atomic E-state index is 12.2. The molecule has 1 atom stereocenters. The number of rotatable bonds is 3. The number of imidazole rings is 1. The molecular weight excluding hydrogens is 302 g/mol. The van der Waals surface area contributed by atoms with Crippen molar-refractivity contribution in [2.24, 2.45) is 0 Å². The zero-order valence-electron chi connectivity index (χ0n) is 14.6. The van der Waals surface area contributed by atoms with E-state index in [0.29, 0.717) is 13.2 Å². The first-order valence-electron chi connectivity index (χ1n) is 8.43. The molecule has 1 aliphatic rings. The maximum Gasteiger partial charge on any atom is 0.410 e. The quantitative estimate of drug-likeness (QED) is 0.862. The van der Waals surface area contributed by atoms with Gasteiger partial charge in [0, 0.05) is 24.7 Å². The van der Waals surface area contributed by atoms with Gasteiger partial charge in [0.1, 0.15) is 6.61 Å². The third-order valence-corrected chi connectivity index (χ3v) is 4.42. The van der Waals surface area contributed by atoms with Crippen molar-refractivity contribution in [2.45, 2.75) is 45.3 Å². The van der Waals surface area contributed by atoms with Crippen LogP contribution in [0.15, 0.2) is 42.9 Å². The largest absolute Gasteiger partial charge is 0.445 e. The van der Waals surface area contributed by atoms with Crippen molar-refractivity contribution in [3.05, 3.63) is 54.1 Å². The minimum atomic E-state index is -0.238. The first kappa shape index (κ1) is 16.6. The van der Waals surface area contributed by atoms with Gasteiger partial charge in [-0.1, -0.05) is 51.1 Å². The summed E-state index contributed by atoms with van der Waals surface area (Å²) < 4.78 is 7.55. The second kappa shape index (κ2) is 6.67. The Hall–Kier alpha value is -2.30. The zero-order chi connectivity index (χ0) is 17.2. The van der Waals surface area contributed by atoms with Gasteiger partial charge in [0.05, 0.1) is 18.1 Å². The molecule has 0 radical (unpaired) electrons. The van der Waals surface area contributed by atoms with E-state index in [0.717, 1.165) is 24.2 Å². The molecule has 1 amide bonds. The standard InChI is InChI=1S/C19H25N3O2/c1-19(2,3)17-12-22(14-20-17)16-9-10-21(11-16)18(23)24-13-15-7-5-4-6-8-15/h4-8,12,14,16H,9-11,13H2,1-3H3/t16-/m1/s1. The molecule has 0 N–H and O–H groups in total. The van der Waals surface area contributed by atoms with Crippen molar-refractivity contribution in [1.82, 2.24) is 14.5 Å². The molecule has 128 valence electrons. The molecule has 5 heteroatoms. The number of carbonyl (C=O) groups is 1. The molecular formula is C19H25N3O2. The summed E-state index contributed by atoms with van der Waals surface area (Å²) in [7, 11) is 0. The monoisotopic (exact) mass is 327 g/mol. The summed E-state index contributed by atoms with van der Waals surface area (Å²) in [5, 5.41) is 0. The molecule has 1 aliphatic heterocycles. The van der Waals surface area contributed by atoms with E-state index in [4.69, 9.17) is 4.74 Å². The summed E-state index contributed by atoms with van der Waals surface area (Å²) in [6, 6.07) is 10.0. The van der Waals surface area contributed by atoms with Crippen LogP contribution in [0.4, 0.5) is 4.79 Å². The van der Waals surface area contributed by atoms with Crippen LogP contribution in [-0.4, -0.2) is 33.6 Å². The van der Waals surface area contributed by atoms with Gasteiger partial charge in [-0.2, -0.15) is 0 Å². The molecule has 1 fully saturated rings. The van der Waals surface area contributed by atoms with Crippen LogP contribution in [-0.2, 0) is 16.8 Å². The van der Waals surface area contributed by atoms with Gasteiger partial charge in [0.25, 0.3) is 0 Å². The highest BCUT2D eigenvalue weighted by Gasteiger charge is 2.29. The number of hydrogen-bond donors (Lipinski definition) is 0. The Morgan fingerprint density at radius 2 is 2.04 bits per heavy atom. The van der Waals surface area contributed by atoms with Gasteiger partial charge in [-0.3, -0.25) is 0 Å². The lowest BCUT2D eigenvalue weighted by molar-refractivity contribution is 0.103. The van der Waals surface area contributed by atoms with Crippen molar-refractivity contribution in [1.29, 1.82) is 0 Å². The highest BCUT2D eigenvalue weighted by Crippen LogP contribution is 2.26. The second-order valence-corrected chi connectivity index (χ2v) is 7.38. The lowest BCUT2D eigenvalue weighted by Crippen LogP contribution is -2.29. The molecule has 1 saturated heterocycles. The summed E-state index contributed by atoms with van der Waals surface area (Å²) in [5.41, 5.74) is 2.12. The van der Waals surface area contributed by atoms with Crippen LogP contribution in [0.1, 0.15) is 44.5 Å². The van der Waals surface area contributed by atoms with Gasteiger partial charge in [-0.25, -0.2) is 9.78 Å². The van der Waals surface area contributed by atoms with Crippen molar-refractivity contribution < 1.29 is 9.53 Å². The summed E-state index contributed by atoms with van der Waals surface area (Å²) in [6.45, 7) is 8.18. The van der Waals surface area contributed by atoms with Crippen molar-refractivity contribution in [3.63, 3.8) is 0 Å². The van der Waals surface area contributed by atoms with Crippen LogP contribution < -0.4 is 0 Å². The van der Waals surface area contributed by atoms with E-state index >= 15 is 0 Å². The summed E-state index contributed by atoms with van der Waals surface area (Å²) in [6.07, 6.45) is 4.67. The number of ether oxygens (including phenoxy) is 1. The fourth-order valence-electron chi connectivity index (χ4n) is 2.89. The van der Waals surface area contributed by atoms with E-state index in [1.54, 1.807) is 4.90 Å². The number of carbonyl (C=O) groups excluding carboxylic acids is 1. The third-order valence-electron chi connectivity index (χ3n) is 4.42. The molecule has 3 rings (SSSR count). The second-order valence-electron chi connectivity index (χ2n) is 7.38. The Labute approximate surface area is 143 Å². The van der Waals surface area contributed by atoms with E-state index in [9.17, 15) is 4.79 Å². The smallest absolute Gasteiger partial charge is 0.410 e. The summed E-state index contributed by atoms with van der Waals surface area (Å²) >= 11 is 0. The van der Waals surface area contributed by atoms with E-state index in [1.165, 1.54) is 0 Å². The molecule has 5 nitrogen and oxygen atoms in total. The average Bonchev–Trinajstić information content (AvgIpc) is 3.21. The zero-order valence-corrected chi connectivity index (χ0v) is 14.6. The molecule has 1 aromatic carbocycles. The molecule has 0 bridgehead atoms. The van der Waals surface area contributed by atoms with Crippen LogP contribution in [0.3, 0.4) is 0 Å². The Bertz CT molecular complexity index is 688. The van der Waals surface area contributed by atoms with Crippen molar-refractivity contribution in [2.75, 3.05) is 13.1 Å². The first-order chi connectivity index (χ1) is 11.4. The minimum absolute atomic E-state index is 0.0398. The maximum atomic E-state index is 12.2. The Morgan fingerprint density at radius 3 is 2.71 bits per heavy atom. The van der Waals surface area contributed by atoms with Gasteiger partial charge < -0.3 is 14.2 Å². The van der Waals surface area contributed by atoms with Crippen LogP contribution in [0.5, 0.6) is 0 Å². The number of hydrogen-bond acceptors (Lipinski definition) is 3. The number of nitrogens with zero attached hydrogens (tertiary/aromatic N) is 3. The van der Waals surface area contributed by atoms with Gasteiger partial charge in [-0.15, -0.1) is 0 Å². The number of aromatic nitrogens is 2. The topological polar surface area (TPSA) is 47.4 Å².